The summed E-state index contributed by atoms with van der Waals surface area (Å²) < 4.78 is 38.2. The van der Waals surface area contributed by atoms with Crippen LogP contribution in [0.5, 0.6) is 5.88 Å². The van der Waals surface area contributed by atoms with Gasteiger partial charge in [-0.1, -0.05) is 26.0 Å². The molecule has 0 aliphatic carbocycles. The average molecular weight is 886 g/mol. The summed E-state index contributed by atoms with van der Waals surface area (Å²) in [7, 11) is 0. The number of nitriles is 1. The molecule has 0 saturated carbocycles. The highest BCUT2D eigenvalue weighted by Gasteiger charge is 2.25. The van der Waals surface area contributed by atoms with Gasteiger partial charge in [-0.05, 0) is 124 Å². The van der Waals surface area contributed by atoms with Crippen LogP contribution in [0.25, 0.3) is 11.0 Å². The standard InChI is InChI=1S/C40H48FN9O6.C7H16O/c1-39(2,3)55-37(52)47-36(48-38(53)56-40(4,5)6)44-16-19-50-32-21-27(35(43)51)12-13-31(32)45-33(50)23-49-17-14-26(15-18-49)30-8-7-9-34(46-30)54-24-28-11-10-25(22-42)20-29(28)41;1-6(2)5-8-7(3)4/h7-13,20-21,26H,14-19,23-24H2,1-6H3,(H2,43,51)(H2,44,47,48,52,53);6-7H,5H2,1-4H3. The van der Waals surface area contributed by atoms with E-state index in [0.717, 1.165) is 44.1 Å². The van der Waals surface area contributed by atoms with Crippen molar-refractivity contribution >= 4 is 35.1 Å². The van der Waals surface area contributed by atoms with E-state index >= 15 is 0 Å². The van der Waals surface area contributed by atoms with E-state index in [4.69, 9.17) is 39.9 Å². The maximum Gasteiger partial charge on any atom is 0.414 e. The Morgan fingerprint density at radius 1 is 0.938 bits per heavy atom. The molecule has 0 unspecified atom stereocenters. The normalized spacial score (nSPS) is 13.4. The average Bonchev–Trinajstić information content (AvgIpc) is 3.54. The number of aromatic nitrogens is 3. The molecule has 5 rings (SSSR count). The molecule has 64 heavy (non-hydrogen) atoms. The molecule has 1 aliphatic heterocycles. The van der Waals surface area contributed by atoms with E-state index in [0.29, 0.717) is 46.6 Å². The molecule has 2 aromatic carbocycles. The first-order valence-electron chi connectivity index (χ1n) is 21.5. The van der Waals surface area contributed by atoms with Crippen LogP contribution in [0.15, 0.2) is 59.6 Å². The molecule has 1 fully saturated rings. The number of primary amides is 1. The quantitative estimate of drug-likeness (QED) is 0.0866. The second-order valence-electron chi connectivity index (χ2n) is 18.2. The topological polar surface area (TPSA) is 208 Å². The molecule has 0 radical (unpaired) electrons. The number of halogens is 1. The van der Waals surface area contributed by atoms with Crippen molar-refractivity contribution in [1.82, 2.24) is 30.1 Å². The number of rotatable bonds is 13. The molecule has 3 amide bonds. The fourth-order valence-corrected chi connectivity index (χ4v) is 6.46. The lowest BCUT2D eigenvalue weighted by Gasteiger charge is -2.31. The van der Waals surface area contributed by atoms with E-state index in [1.807, 2.05) is 22.8 Å². The van der Waals surface area contributed by atoms with Gasteiger partial charge in [-0.25, -0.2) is 23.9 Å². The van der Waals surface area contributed by atoms with Gasteiger partial charge in [0.2, 0.25) is 17.7 Å². The number of alkyl carbamates (subject to hydrolysis) is 2. The van der Waals surface area contributed by atoms with Crippen molar-refractivity contribution in [3.63, 3.8) is 0 Å². The first kappa shape index (κ1) is 50.5. The number of likely N-dealkylation sites (tertiary alicyclic amines) is 1. The number of imidazole rings is 1. The minimum Gasteiger partial charge on any atom is -0.473 e. The molecule has 1 aliphatic rings. The first-order valence-corrected chi connectivity index (χ1v) is 21.5. The molecule has 0 spiro atoms. The lowest BCUT2D eigenvalue weighted by atomic mass is 9.93. The number of carbonyl (C=O) groups is 3. The minimum atomic E-state index is -0.802. The van der Waals surface area contributed by atoms with Crippen LogP contribution in [0.1, 0.15) is 121 Å². The van der Waals surface area contributed by atoms with E-state index < -0.39 is 35.1 Å². The molecule has 1 saturated heterocycles. The van der Waals surface area contributed by atoms with E-state index in [9.17, 15) is 18.8 Å². The smallest absolute Gasteiger partial charge is 0.414 e. The van der Waals surface area contributed by atoms with Gasteiger partial charge < -0.3 is 29.2 Å². The van der Waals surface area contributed by atoms with E-state index in [1.54, 1.807) is 71.9 Å². The fraction of sp³-hybridized carbons (Fsp3) is 0.511. The number of nitrogens with two attached hydrogens (primary N) is 1. The number of nitrogens with one attached hydrogen (secondary N) is 2. The minimum absolute atomic E-state index is 0.0124. The van der Waals surface area contributed by atoms with Crippen LogP contribution >= 0.6 is 0 Å². The number of fused-ring (bicyclic) bond motifs is 1. The third-order valence-corrected chi connectivity index (χ3v) is 9.38. The van der Waals surface area contributed by atoms with Crippen molar-refractivity contribution in [2.75, 3.05) is 26.2 Å². The summed E-state index contributed by atoms with van der Waals surface area (Å²) in [5.41, 5.74) is 7.20. The summed E-state index contributed by atoms with van der Waals surface area (Å²) in [5, 5.41) is 14.0. The monoisotopic (exact) mass is 885 g/mol. The second kappa shape index (κ2) is 23.0. The summed E-state index contributed by atoms with van der Waals surface area (Å²) >= 11 is 0. The number of piperidine rings is 1. The molecule has 2 aromatic heterocycles. The fourth-order valence-electron chi connectivity index (χ4n) is 6.46. The van der Waals surface area contributed by atoms with Gasteiger partial charge in [0.1, 0.15) is 29.5 Å². The van der Waals surface area contributed by atoms with Crippen LogP contribution in [0.3, 0.4) is 0 Å². The van der Waals surface area contributed by atoms with Crippen molar-refractivity contribution in [1.29, 1.82) is 5.26 Å². The maximum atomic E-state index is 14.4. The lowest BCUT2D eigenvalue weighted by Crippen LogP contribution is -2.47. The predicted molar refractivity (Wildman–Crippen MR) is 242 cm³/mol. The van der Waals surface area contributed by atoms with Crippen molar-refractivity contribution in [3.8, 4) is 11.9 Å². The van der Waals surface area contributed by atoms with Crippen LogP contribution in [0.2, 0.25) is 0 Å². The number of pyridine rings is 1. The summed E-state index contributed by atoms with van der Waals surface area (Å²) in [6.07, 6.45) is 0.435. The highest BCUT2D eigenvalue weighted by molar-refractivity contribution is 6.01. The van der Waals surface area contributed by atoms with Crippen LogP contribution in [0.4, 0.5) is 14.0 Å². The predicted octanol–water partition coefficient (Wildman–Crippen LogP) is 7.97. The zero-order valence-corrected chi connectivity index (χ0v) is 38.8. The third-order valence-electron chi connectivity index (χ3n) is 9.38. The van der Waals surface area contributed by atoms with Gasteiger partial charge in [-0.15, -0.1) is 0 Å². The number of ether oxygens (including phenoxy) is 4. The molecule has 17 heteroatoms. The maximum absolute atomic E-state index is 14.4. The van der Waals surface area contributed by atoms with Crippen molar-refractivity contribution in [2.24, 2.45) is 16.6 Å². The molecule has 4 aromatic rings. The Kier molecular flexibility index (Phi) is 18.2. The zero-order chi connectivity index (χ0) is 47.2. The molecular weight excluding hydrogens is 822 g/mol. The summed E-state index contributed by atoms with van der Waals surface area (Å²) in [4.78, 5) is 53.7. The lowest BCUT2D eigenvalue weighted by molar-refractivity contribution is 0.0544. The van der Waals surface area contributed by atoms with Crippen LogP contribution in [0, 0.1) is 23.1 Å². The van der Waals surface area contributed by atoms with Gasteiger partial charge in [0.25, 0.3) is 0 Å². The van der Waals surface area contributed by atoms with Crippen LogP contribution < -0.4 is 21.1 Å². The van der Waals surface area contributed by atoms with Gasteiger partial charge in [-0.2, -0.15) is 5.26 Å². The molecular formula is C47H64FN9O7. The van der Waals surface area contributed by atoms with Crippen molar-refractivity contribution in [3.05, 3.63) is 88.6 Å². The Morgan fingerprint density at radius 2 is 1.59 bits per heavy atom. The largest absolute Gasteiger partial charge is 0.473 e. The second-order valence-corrected chi connectivity index (χ2v) is 18.2. The summed E-state index contributed by atoms with van der Waals surface area (Å²) in [6.45, 7) is 22.0. The zero-order valence-electron chi connectivity index (χ0n) is 38.8. The Balaban J connectivity index is 0.00000102. The third kappa shape index (κ3) is 16.9. The van der Waals surface area contributed by atoms with Gasteiger partial charge >= 0.3 is 12.2 Å². The van der Waals surface area contributed by atoms with E-state index in [1.165, 1.54) is 12.1 Å². The van der Waals surface area contributed by atoms with E-state index in [-0.39, 0.29) is 37.1 Å². The molecule has 0 atom stereocenters. The first-order chi connectivity index (χ1) is 30.1. The highest BCUT2D eigenvalue weighted by atomic mass is 19.1. The van der Waals surface area contributed by atoms with Crippen molar-refractivity contribution in [2.45, 2.75) is 125 Å². The Hall–Kier alpha value is -6.12. The highest BCUT2D eigenvalue weighted by Crippen LogP contribution is 2.29. The number of benzene rings is 2. The van der Waals surface area contributed by atoms with Gasteiger partial charge in [0.15, 0.2) is 0 Å². The number of hydrogen-bond donors (Lipinski definition) is 3. The number of guanidine groups is 1. The van der Waals surface area contributed by atoms with Gasteiger partial charge in [0, 0.05) is 42.0 Å². The number of hydrogen-bond acceptors (Lipinski definition) is 12. The Labute approximate surface area is 375 Å². The molecule has 4 N–H and O–H groups in total. The van der Waals surface area contributed by atoms with Crippen molar-refractivity contribution < 1.29 is 37.7 Å². The summed E-state index contributed by atoms with van der Waals surface area (Å²) in [5.74, 6) is 0.752. The number of carbonyl (C=O) groups excluding carboxylic acids is 3. The SMILES string of the molecule is CC(C)(C)OC(=O)NC(=NCCn1c(CN2CCC(c3cccc(OCc4ccc(C#N)cc4F)n3)CC2)nc2ccc(C(N)=O)cc21)NC(=O)OC(C)(C)C.CC(C)COC(C)C. The van der Waals surface area contributed by atoms with E-state index in [2.05, 4.69) is 48.2 Å². The molecule has 0 bridgehead atoms. The number of nitrogens with zero attached hydrogens (tertiary/aromatic N) is 6. The number of amides is 3. The summed E-state index contributed by atoms with van der Waals surface area (Å²) in [6, 6.07) is 16.9. The molecule has 3 heterocycles. The van der Waals surface area contributed by atoms with Crippen LogP contribution in [-0.4, -0.2) is 87.0 Å². The number of aliphatic imine (C=N–C) groups is 1. The molecule has 346 valence electrons. The Morgan fingerprint density at radius 3 is 2.14 bits per heavy atom. The molecule has 16 nitrogen and oxygen atoms in total. The van der Waals surface area contributed by atoms with Crippen LogP contribution in [-0.2, 0) is 33.9 Å². The Bertz CT molecular complexity index is 2240. The van der Waals surface area contributed by atoms with Gasteiger partial charge in [-0.3, -0.25) is 25.3 Å². The van der Waals surface area contributed by atoms with Gasteiger partial charge in [0.05, 0.1) is 41.9 Å².